The third-order valence-corrected chi connectivity index (χ3v) is 7.14. The molecule has 0 amide bonds. The Balaban J connectivity index is 2.00. The molecule has 1 N–H and O–H groups in total. The number of pyridine rings is 1. The third kappa shape index (κ3) is 3.81. The van der Waals surface area contributed by atoms with Crippen LogP contribution in [0.1, 0.15) is 35.2 Å². The predicted octanol–water partition coefficient (Wildman–Crippen LogP) is 3.01. The Morgan fingerprint density at radius 2 is 1.77 bits per heavy atom. The molecule has 2 heterocycles. The average Bonchev–Trinajstić information content (AvgIpc) is 2.75. The zero-order valence-corrected chi connectivity index (χ0v) is 18.9. The number of aryl methyl sites for hydroxylation is 1. The van der Waals surface area contributed by atoms with Crippen molar-refractivity contribution in [3.63, 3.8) is 0 Å². The standard InChI is InChI=1S/C23H26N2O5S/c1-5-14-6-7-19-16(10-14)11-18(23(26)24-19)22-17-13-21(30-3)20(29-2)12-15(17)8-9-25(22)31(4,27)28/h6-7,10-13,22H,5,8-9H2,1-4H3,(H,24,26)/t22-/m0/s1. The highest BCUT2D eigenvalue weighted by atomic mass is 32.2. The van der Waals surface area contributed by atoms with Crippen LogP contribution < -0.4 is 15.0 Å². The molecule has 3 aromatic rings. The van der Waals surface area contributed by atoms with Crippen LogP contribution in [0.2, 0.25) is 0 Å². The van der Waals surface area contributed by atoms with Crippen molar-refractivity contribution in [2.75, 3.05) is 27.0 Å². The highest BCUT2D eigenvalue weighted by Crippen LogP contribution is 2.41. The second-order valence-corrected chi connectivity index (χ2v) is 9.70. The van der Waals surface area contributed by atoms with Crippen molar-refractivity contribution in [2.45, 2.75) is 25.8 Å². The molecule has 0 spiro atoms. The molecule has 0 unspecified atom stereocenters. The minimum Gasteiger partial charge on any atom is -0.493 e. The van der Waals surface area contributed by atoms with Crippen LogP contribution in [0.3, 0.4) is 0 Å². The van der Waals surface area contributed by atoms with Crippen molar-refractivity contribution in [2.24, 2.45) is 0 Å². The largest absolute Gasteiger partial charge is 0.493 e. The first-order chi connectivity index (χ1) is 14.8. The maximum absolute atomic E-state index is 13.1. The van der Waals surface area contributed by atoms with Gasteiger partial charge in [-0.15, -0.1) is 0 Å². The molecule has 164 valence electrons. The van der Waals surface area contributed by atoms with Crippen LogP contribution >= 0.6 is 0 Å². The van der Waals surface area contributed by atoms with E-state index in [1.54, 1.807) is 13.2 Å². The van der Waals surface area contributed by atoms with Gasteiger partial charge in [-0.25, -0.2) is 8.42 Å². The van der Waals surface area contributed by atoms with Gasteiger partial charge >= 0.3 is 0 Å². The van der Waals surface area contributed by atoms with E-state index in [1.165, 1.54) is 17.7 Å². The van der Waals surface area contributed by atoms with Crippen LogP contribution in [-0.2, 0) is 22.9 Å². The smallest absolute Gasteiger partial charge is 0.253 e. The van der Waals surface area contributed by atoms with Crippen molar-refractivity contribution in [1.29, 1.82) is 0 Å². The summed E-state index contributed by atoms with van der Waals surface area (Å²) in [4.78, 5) is 16.0. The van der Waals surface area contributed by atoms with Gasteiger partial charge in [-0.05, 0) is 65.3 Å². The fourth-order valence-corrected chi connectivity index (χ4v) is 5.33. The molecule has 31 heavy (non-hydrogen) atoms. The van der Waals surface area contributed by atoms with Gasteiger partial charge in [-0.2, -0.15) is 4.31 Å². The first-order valence-corrected chi connectivity index (χ1v) is 12.0. The topological polar surface area (TPSA) is 88.7 Å². The number of nitrogens with one attached hydrogen (secondary N) is 1. The van der Waals surface area contributed by atoms with E-state index < -0.39 is 16.1 Å². The number of hydrogen-bond donors (Lipinski definition) is 1. The number of H-pyrrole nitrogens is 1. The summed E-state index contributed by atoms with van der Waals surface area (Å²) in [6.45, 7) is 2.34. The van der Waals surface area contributed by atoms with E-state index in [1.807, 2.05) is 30.3 Å². The molecule has 0 radical (unpaired) electrons. The van der Waals surface area contributed by atoms with Gasteiger partial charge < -0.3 is 14.5 Å². The average molecular weight is 443 g/mol. The van der Waals surface area contributed by atoms with E-state index in [0.29, 0.717) is 23.5 Å². The number of benzene rings is 2. The van der Waals surface area contributed by atoms with E-state index >= 15 is 0 Å². The third-order valence-electron chi connectivity index (χ3n) is 5.90. The molecule has 7 nitrogen and oxygen atoms in total. The van der Waals surface area contributed by atoms with Crippen molar-refractivity contribution < 1.29 is 17.9 Å². The van der Waals surface area contributed by atoms with Crippen molar-refractivity contribution in [1.82, 2.24) is 9.29 Å². The van der Waals surface area contributed by atoms with E-state index in [-0.39, 0.29) is 12.1 Å². The van der Waals surface area contributed by atoms with Gasteiger partial charge in [0.25, 0.3) is 5.56 Å². The van der Waals surface area contributed by atoms with Gasteiger partial charge in [0, 0.05) is 17.6 Å². The Labute approximate surface area is 181 Å². The van der Waals surface area contributed by atoms with Crippen LogP contribution in [0.5, 0.6) is 11.5 Å². The maximum atomic E-state index is 13.1. The number of aromatic amines is 1. The molecule has 1 aromatic heterocycles. The lowest BCUT2D eigenvalue weighted by Crippen LogP contribution is -2.42. The van der Waals surface area contributed by atoms with Crippen LogP contribution in [0.4, 0.5) is 0 Å². The van der Waals surface area contributed by atoms with Gasteiger partial charge in [0.1, 0.15) is 0 Å². The Bertz CT molecular complexity index is 1310. The summed E-state index contributed by atoms with van der Waals surface area (Å²) in [6.07, 6.45) is 2.56. The summed E-state index contributed by atoms with van der Waals surface area (Å²) in [5.41, 5.74) is 3.61. The van der Waals surface area contributed by atoms with Crippen LogP contribution in [0.15, 0.2) is 41.2 Å². The Morgan fingerprint density at radius 1 is 1.06 bits per heavy atom. The van der Waals surface area contributed by atoms with Gasteiger partial charge in [-0.3, -0.25) is 4.79 Å². The molecule has 0 aliphatic carbocycles. The lowest BCUT2D eigenvalue weighted by molar-refractivity contribution is 0.332. The van der Waals surface area contributed by atoms with Gasteiger partial charge in [0.05, 0.1) is 26.5 Å². The zero-order valence-electron chi connectivity index (χ0n) is 18.1. The molecule has 1 atom stereocenters. The van der Waals surface area contributed by atoms with Crippen molar-refractivity contribution in [3.05, 3.63) is 69.0 Å². The van der Waals surface area contributed by atoms with Crippen LogP contribution in [-0.4, -0.2) is 44.7 Å². The maximum Gasteiger partial charge on any atom is 0.253 e. The summed E-state index contributed by atoms with van der Waals surface area (Å²) in [6, 6.07) is 10.6. The van der Waals surface area contributed by atoms with Gasteiger partial charge in [0.2, 0.25) is 10.0 Å². The molecular weight excluding hydrogens is 416 g/mol. The van der Waals surface area contributed by atoms with Crippen LogP contribution in [0.25, 0.3) is 10.9 Å². The number of ether oxygens (including phenoxy) is 2. The molecule has 1 aliphatic rings. The molecular formula is C23H26N2O5S. The number of nitrogens with zero attached hydrogens (tertiary/aromatic N) is 1. The summed E-state index contributed by atoms with van der Waals surface area (Å²) < 4.78 is 37.6. The Hall–Kier alpha value is -2.84. The second-order valence-electron chi connectivity index (χ2n) is 7.76. The van der Waals surface area contributed by atoms with Gasteiger partial charge in [0.15, 0.2) is 11.5 Å². The van der Waals surface area contributed by atoms with E-state index in [0.717, 1.165) is 34.0 Å². The Morgan fingerprint density at radius 3 is 2.42 bits per heavy atom. The molecule has 0 saturated carbocycles. The Kier molecular flexibility index (Phi) is 5.53. The normalized spacial score (nSPS) is 16.8. The molecule has 8 heteroatoms. The molecule has 4 rings (SSSR count). The van der Waals surface area contributed by atoms with E-state index in [9.17, 15) is 13.2 Å². The zero-order chi connectivity index (χ0) is 22.3. The molecule has 0 fully saturated rings. The minimum atomic E-state index is -3.58. The summed E-state index contributed by atoms with van der Waals surface area (Å²) in [5, 5.41) is 0.870. The van der Waals surface area contributed by atoms with E-state index in [2.05, 4.69) is 11.9 Å². The lowest BCUT2D eigenvalue weighted by atomic mass is 9.89. The minimum absolute atomic E-state index is 0.276. The lowest BCUT2D eigenvalue weighted by Gasteiger charge is -2.36. The summed E-state index contributed by atoms with van der Waals surface area (Å²) in [5.74, 6) is 1.07. The number of rotatable bonds is 5. The number of hydrogen-bond acceptors (Lipinski definition) is 5. The van der Waals surface area contributed by atoms with Crippen molar-refractivity contribution >= 4 is 20.9 Å². The fourth-order valence-electron chi connectivity index (χ4n) is 4.30. The second kappa shape index (κ2) is 8.01. The van der Waals surface area contributed by atoms with E-state index in [4.69, 9.17) is 9.47 Å². The quantitative estimate of drug-likeness (QED) is 0.656. The number of methoxy groups -OCH3 is 2. The first kappa shape index (κ1) is 21.4. The SMILES string of the molecule is CCc1ccc2[nH]c(=O)c([C@@H]3c4cc(OC)c(OC)cc4CCN3S(C)(=O)=O)cc2c1. The van der Waals surface area contributed by atoms with Crippen LogP contribution in [0, 0.1) is 0 Å². The highest BCUT2D eigenvalue weighted by Gasteiger charge is 2.37. The summed E-state index contributed by atoms with van der Waals surface area (Å²) in [7, 11) is -0.480. The number of aromatic nitrogens is 1. The monoisotopic (exact) mass is 442 g/mol. The summed E-state index contributed by atoms with van der Waals surface area (Å²) >= 11 is 0. The molecule has 2 aromatic carbocycles. The molecule has 0 bridgehead atoms. The predicted molar refractivity (Wildman–Crippen MR) is 121 cm³/mol. The molecule has 1 aliphatic heterocycles. The van der Waals surface area contributed by atoms with Gasteiger partial charge in [-0.1, -0.05) is 13.0 Å². The van der Waals surface area contributed by atoms with Crippen molar-refractivity contribution in [3.8, 4) is 11.5 Å². The fraction of sp³-hybridized carbons (Fsp3) is 0.348. The highest BCUT2D eigenvalue weighted by molar-refractivity contribution is 7.88. The molecule has 0 saturated heterocycles. The number of fused-ring (bicyclic) bond motifs is 2. The number of sulfonamides is 1. The first-order valence-electron chi connectivity index (χ1n) is 10.1.